The molecule has 6 heteroatoms. The van der Waals surface area contributed by atoms with Crippen molar-refractivity contribution in [1.82, 2.24) is 0 Å². The smallest absolute Gasteiger partial charge is 0.338 e. The van der Waals surface area contributed by atoms with Crippen molar-refractivity contribution in [2.75, 3.05) is 26.6 Å². The van der Waals surface area contributed by atoms with E-state index in [1.54, 1.807) is 6.92 Å². The second-order valence-corrected chi connectivity index (χ2v) is 3.76. The van der Waals surface area contributed by atoms with Crippen molar-refractivity contribution in [3.8, 4) is 5.75 Å². The Hall–Kier alpha value is -2.50. The largest absolute Gasteiger partial charge is 0.495 e. The summed E-state index contributed by atoms with van der Waals surface area (Å²) >= 11 is 0. The van der Waals surface area contributed by atoms with E-state index in [9.17, 15) is 9.59 Å². The Bertz CT molecular complexity index is 538. The molecule has 0 aromatic heterocycles. The number of rotatable bonds is 5. The maximum absolute atomic E-state index is 11.6. The molecule has 0 bridgehead atoms. The second-order valence-electron chi connectivity index (χ2n) is 3.76. The fourth-order valence-electron chi connectivity index (χ4n) is 1.54. The van der Waals surface area contributed by atoms with Crippen LogP contribution in [-0.2, 0) is 14.3 Å². The van der Waals surface area contributed by atoms with Gasteiger partial charge >= 0.3 is 11.9 Å². The van der Waals surface area contributed by atoms with E-state index >= 15 is 0 Å². The molecule has 0 amide bonds. The summed E-state index contributed by atoms with van der Waals surface area (Å²) < 4.78 is 14.5. The number of benzene rings is 1. The number of carbonyl (C=O) groups excluding carboxylic acids is 2. The van der Waals surface area contributed by atoms with Gasteiger partial charge in [-0.05, 0) is 25.1 Å². The van der Waals surface area contributed by atoms with E-state index in [4.69, 9.17) is 15.2 Å². The molecule has 136 valence electrons. The average Bonchev–Trinajstić information content (AvgIpc) is 2.63. The summed E-state index contributed by atoms with van der Waals surface area (Å²) in [7, 11) is 2.71. The zero-order valence-corrected chi connectivity index (χ0v) is 15.6. The van der Waals surface area contributed by atoms with Crippen LogP contribution in [0.25, 0.3) is 6.08 Å². The summed E-state index contributed by atoms with van der Waals surface area (Å²) in [5.41, 5.74) is 6.95. The lowest BCUT2D eigenvalue weighted by molar-refractivity contribution is -0.137. The van der Waals surface area contributed by atoms with Gasteiger partial charge < -0.3 is 19.9 Å². The monoisotopic (exact) mass is 339 g/mol. The molecule has 0 atom stereocenters. The summed E-state index contributed by atoms with van der Waals surface area (Å²) in [5.74, 6) is -0.681. The van der Waals surface area contributed by atoms with Crippen LogP contribution >= 0.6 is 0 Å². The highest BCUT2D eigenvalue weighted by Crippen LogP contribution is 2.28. The molecule has 1 aromatic rings. The van der Waals surface area contributed by atoms with E-state index in [0.29, 0.717) is 17.0 Å². The van der Waals surface area contributed by atoms with Gasteiger partial charge in [0, 0.05) is 11.6 Å². The van der Waals surface area contributed by atoms with Crippen LogP contribution in [0.4, 0.5) is 5.69 Å². The molecule has 24 heavy (non-hydrogen) atoms. The Balaban J connectivity index is 0. The number of carbonyl (C=O) groups is 2. The van der Waals surface area contributed by atoms with E-state index in [1.807, 2.05) is 27.7 Å². The van der Waals surface area contributed by atoms with Crippen molar-refractivity contribution in [3.05, 3.63) is 29.3 Å². The SMILES string of the molecule is CC.CC.CCOC(=O)/C=C/c1cc(C(=O)OC)cc(OC)c1N. The molecule has 0 saturated carbocycles. The molecule has 1 rings (SSSR count). The van der Waals surface area contributed by atoms with Gasteiger partial charge in [0.1, 0.15) is 5.75 Å². The summed E-state index contributed by atoms with van der Waals surface area (Å²) in [4.78, 5) is 22.8. The first-order valence-electron chi connectivity index (χ1n) is 7.94. The van der Waals surface area contributed by atoms with Crippen molar-refractivity contribution in [3.63, 3.8) is 0 Å². The lowest BCUT2D eigenvalue weighted by Crippen LogP contribution is -2.05. The Morgan fingerprint density at radius 2 is 1.71 bits per heavy atom. The molecule has 0 radical (unpaired) electrons. The summed E-state index contributed by atoms with van der Waals surface area (Å²) in [5, 5.41) is 0. The highest BCUT2D eigenvalue weighted by atomic mass is 16.5. The van der Waals surface area contributed by atoms with Gasteiger partial charge in [0.2, 0.25) is 0 Å². The van der Waals surface area contributed by atoms with Crippen molar-refractivity contribution >= 4 is 23.7 Å². The normalized spacial score (nSPS) is 9.12. The van der Waals surface area contributed by atoms with Gasteiger partial charge in [0.15, 0.2) is 0 Å². The third-order valence-corrected chi connectivity index (χ3v) is 2.50. The second kappa shape index (κ2) is 14.1. The van der Waals surface area contributed by atoms with E-state index in [0.717, 1.165) is 0 Å². The lowest BCUT2D eigenvalue weighted by Gasteiger charge is -2.10. The first-order valence-corrected chi connectivity index (χ1v) is 7.94. The maximum atomic E-state index is 11.6. The van der Waals surface area contributed by atoms with Crippen LogP contribution in [0.15, 0.2) is 18.2 Å². The van der Waals surface area contributed by atoms with E-state index in [1.165, 1.54) is 38.5 Å². The number of anilines is 1. The Labute approximate surface area is 144 Å². The molecular formula is C18H29NO5. The lowest BCUT2D eigenvalue weighted by atomic mass is 10.1. The third-order valence-electron chi connectivity index (χ3n) is 2.50. The number of esters is 2. The van der Waals surface area contributed by atoms with Crippen LogP contribution < -0.4 is 10.5 Å². The Morgan fingerprint density at radius 1 is 1.12 bits per heavy atom. The minimum atomic E-state index is -0.519. The topological polar surface area (TPSA) is 87.9 Å². The van der Waals surface area contributed by atoms with Crippen molar-refractivity contribution < 1.29 is 23.8 Å². The van der Waals surface area contributed by atoms with Crippen molar-refractivity contribution in [2.45, 2.75) is 34.6 Å². The van der Waals surface area contributed by atoms with Crippen LogP contribution in [0.3, 0.4) is 0 Å². The van der Waals surface area contributed by atoms with Gasteiger partial charge in [-0.15, -0.1) is 0 Å². The Morgan fingerprint density at radius 3 is 2.17 bits per heavy atom. The number of nitrogens with two attached hydrogens (primary N) is 1. The van der Waals surface area contributed by atoms with E-state index < -0.39 is 11.9 Å². The molecule has 2 N–H and O–H groups in total. The van der Waals surface area contributed by atoms with Crippen LogP contribution in [0.2, 0.25) is 0 Å². The zero-order valence-electron chi connectivity index (χ0n) is 15.6. The molecule has 6 nitrogen and oxygen atoms in total. The molecule has 0 fully saturated rings. The quantitative estimate of drug-likeness (QED) is 0.500. The van der Waals surface area contributed by atoms with E-state index in [2.05, 4.69) is 4.74 Å². The molecule has 0 unspecified atom stereocenters. The van der Waals surface area contributed by atoms with Crippen LogP contribution in [0, 0.1) is 0 Å². The average molecular weight is 339 g/mol. The summed E-state index contributed by atoms with van der Waals surface area (Å²) in [6.07, 6.45) is 2.69. The van der Waals surface area contributed by atoms with Gasteiger partial charge in [-0.3, -0.25) is 0 Å². The Kier molecular flexibility index (Phi) is 14.0. The van der Waals surface area contributed by atoms with Gasteiger partial charge in [0.25, 0.3) is 0 Å². The highest BCUT2D eigenvalue weighted by Gasteiger charge is 2.12. The molecule has 1 aromatic carbocycles. The molecule has 0 aliphatic rings. The number of ether oxygens (including phenoxy) is 3. The predicted octanol–water partition coefficient (Wildman–Crippen LogP) is 3.69. The molecule has 0 aliphatic heterocycles. The fourth-order valence-corrected chi connectivity index (χ4v) is 1.54. The van der Waals surface area contributed by atoms with E-state index in [-0.39, 0.29) is 12.2 Å². The van der Waals surface area contributed by atoms with Crippen LogP contribution in [0.1, 0.15) is 50.5 Å². The fraction of sp³-hybridized carbons (Fsp3) is 0.444. The highest BCUT2D eigenvalue weighted by molar-refractivity contribution is 5.94. The van der Waals surface area contributed by atoms with Gasteiger partial charge in [-0.2, -0.15) is 0 Å². The first-order chi connectivity index (χ1) is 11.5. The number of hydrogen-bond donors (Lipinski definition) is 1. The molecule has 0 spiro atoms. The summed E-state index contributed by atoms with van der Waals surface area (Å²) in [6, 6.07) is 2.99. The maximum Gasteiger partial charge on any atom is 0.338 e. The predicted molar refractivity (Wildman–Crippen MR) is 97.1 cm³/mol. The zero-order chi connectivity index (χ0) is 19.1. The van der Waals surface area contributed by atoms with Crippen molar-refractivity contribution in [1.29, 1.82) is 0 Å². The molecule has 0 saturated heterocycles. The van der Waals surface area contributed by atoms with Gasteiger partial charge in [0.05, 0.1) is 32.1 Å². The summed E-state index contributed by atoms with van der Waals surface area (Å²) in [6.45, 7) is 9.99. The molecule has 0 aliphatic carbocycles. The van der Waals surface area contributed by atoms with Crippen LogP contribution in [0.5, 0.6) is 5.75 Å². The van der Waals surface area contributed by atoms with Gasteiger partial charge in [-0.25, -0.2) is 9.59 Å². The minimum absolute atomic E-state index is 0.280. The van der Waals surface area contributed by atoms with Crippen molar-refractivity contribution in [2.24, 2.45) is 0 Å². The van der Waals surface area contributed by atoms with Gasteiger partial charge in [-0.1, -0.05) is 27.7 Å². The standard InChI is InChI=1S/C14H17NO5.2C2H6/c1-4-20-12(16)6-5-9-7-10(14(17)19-3)8-11(18-2)13(9)15;2*1-2/h5-8H,4,15H2,1-3H3;2*1-2H3/b6-5+;;. The molecular weight excluding hydrogens is 310 g/mol. The number of hydrogen-bond acceptors (Lipinski definition) is 6. The third kappa shape index (κ3) is 7.67. The first kappa shape index (κ1) is 23.8. The number of nitrogen functional groups attached to an aromatic ring is 1. The van der Waals surface area contributed by atoms with Crippen LogP contribution in [-0.4, -0.2) is 32.8 Å². The number of methoxy groups -OCH3 is 2. The minimum Gasteiger partial charge on any atom is -0.495 e. The molecule has 0 heterocycles.